The minimum Gasteiger partial charge on any atom is -0.376 e. The molecule has 0 spiro atoms. The predicted molar refractivity (Wildman–Crippen MR) is 124 cm³/mol. The summed E-state index contributed by atoms with van der Waals surface area (Å²) in [5.74, 6) is 0.186. The fourth-order valence-corrected chi connectivity index (χ4v) is 4.12. The molecule has 3 N–H and O–H groups in total. The highest BCUT2D eigenvalue weighted by Crippen LogP contribution is 2.29. The second-order valence-corrected chi connectivity index (χ2v) is 8.29. The lowest BCUT2D eigenvalue weighted by Gasteiger charge is -2.20. The zero-order chi connectivity index (χ0) is 23.8. The van der Waals surface area contributed by atoms with Crippen LogP contribution in [0.25, 0.3) is 16.9 Å². The maximum absolute atomic E-state index is 12.2. The number of hydrogen-bond acceptors (Lipinski definition) is 9. The Labute approximate surface area is 195 Å². The molecule has 5 heterocycles. The topological polar surface area (TPSA) is 156 Å². The summed E-state index contributed by atoms with van der Waals surface area (Å²) in [6, 6.07) is 2.01. The Hall–Kier alpha value is -4.53. The molecule has 12 nitrogen and oxygen atoms in total. The van der Waals surface area contributed by atoms with Gasteiger partial charge in [0.05, 0.1) is 53.5 Å². The number of carbonyl (C=O) groups is 1. The molecule has 0 unspecified atom stereocenters. The van der Waals surface area contributed by atoms with Crippen molar-refractivity contribution in [1.29, 1.82) is 5.26 Å². The van der Waals surface area contributed by atoms with Gasteiger partial charge in [-0.25, -0.2) is 19.5 Å². The number of carbonyl (C=O) groups excluding carboxylic acids is 1. The van der Waals surface area contributed by atoms with Crippen LogP contribution in [0.5, 0.6) is 0 Å². The van der Waals surface area contributed by atoms with Gasteiger partial charge in [0.15, 0.2) is 5.65 Å². The number of nitrogens with two attached hydrogens (primary N) is 1. The quantitative estimate of drug-likeness (QED) is 0.436. The third-order valence-electron chi connectivity index (χ3n) is 6.00. The maximum Gasteiger partial charge on any atom is 0.252 e. The zero-order valence-corrected chi connectivity index (χ0v) is 18.8. The van der Waals surface area contributed by atoms with E-state index in [9.17, 15) is 4.79 Å². The van der Waals surface area contributed by atoms with Crippen molar-refractivity contribution in [2.45, 2.75) is 26.4 Å². The van der Waals surface area contributed by atoms with E-state index < -0.39 is 5.91 Å². The Morgan fingerprint density at radius 2 is 2.00 bits per heavy atom. The summed E-state index contributed by atoms with van der Waals surface area (Å²) < 4.78 is 3.45. The smallest absolute Gasteiger partial charge is 0.252 e. The van der Waals surface area contributed by atoms with E-state index in [1.165, 1.54) is 18.6 Å². The molecule has 0 aromatic carbocycles. The monoisotopic (exact) mass is 457 g/mol. The zero-order valence-electron chi connectivity index (χ0n) is 18.8. The van der Waals surface area contributed by atoms with Crippen LogP contribution in [0.15, 0.2) is 37.2 Å². The molecule has 12 heteroatoms. The Kier molecular flexibility index (Phi) is 5.29. The predicted octanol–water partition coefficient (Wildman–Crippen LogP) is 1.31. The Balaban J connectivity index is 1.47. The number of aryl methyl sites for hydroxylation is 1. The third kappa shape index (κ3) is 3.77. The lowest BCUT2D eigenvalue weighted by Crippen LogP contribution is -2.30. The highest BCUT2D eigenvalue weighted by Gasteiger charge is 2.32. The Morgan fingerprint density at radius 3 is 2.68 bits per heavy atom. The number of rotatable bonds is 6. The number of imidazole rings is 1. The van der Waals surface area contributed by atoms with Gasteiger partial charge in [-0.15, -0.1) is 0 Å². The van der Waals surface area contributed by atoms with Crippen LogP contribution in [0, 0.1) is 17.2 Å². The second-order valence-electron chi connectivity index (χ2n) is 8.29. The maximum atomic E-state index is 12.2. The van der Waals surface area contributed by atoms with Gasteiger partial charge < -0.3 is 16.0 Å². The molecule has 4 aromatic rings. The minimum atomic E-state index is -0.584. The van der Waals surface area contributed by atoms with Crippen molar-refractivity contribution in [2.75, 3.05) is 23.3 Å². The van der Waals surface area contributed by atoms with Crippen LogP contribution in [0.3, 0.4) is 0 Å². The first-order valence-corrected chi connectivity index (χ1v) is 10.9. The van der Waals surface area contributed by atoms with Gasteiger partial charge in [0, 0.05) is 37.4 Å². The fourth-order valence-electron chi connectivity index (χ4n) is 4.12. The van der Waals surface area contributed by atoms with Crippen LogP contribution in [-0.2, 0) is 6.54 Å². The van der Waals surface area contributed by atoms with E-state index in [4.69, 9.17) is 16.0 Å². The average molecular weight is 458 g/mol. The molecule has 2 atom stereocenters. The number of amides is 1. The normalized spacial score (nSPS) is 17.7. The third-order valence-corrected chi connectivity index (χ3v) is 6.00. The minimum absolute atomic E-state index is 0.0217. The van der Waals surface area contributed by atoms with Crippen molar-refractivity contribution in [3.63, 3.8) is 0 Å². The van der Waals surface area contributed by atoms with Crippen molar-refractivity contribution in [3.05, 3.63) is 48.3 Å². The molecule has 172 valence electrons. The Bertz CT molecular complexity index is 1400. The number of primary amides is 1. The molecule has 5 rings (SSSR count). The van der Waals surface area contributed by atoms with Crippen LogP contribution < -0.4 is 16.0 Å². The molecule has 0 aliphatic carbocycles. The van der Waals surface area contributed by atoms with Crippen molar-refractivity contribution in [3.8, 4) is 17.3 Å². The average Bonchev–Trinajstić information content (AvgIpc) is 3.57. The fraction of sp³-hybridized carbons (Fsp3) is 0.318. The van der Waals surface area contributed by atoms with Crippen LogP contribution in [0.1, 0.15) is 29.8 Å². The van der Waals surface area contributed by atoms with E-state index in [1.54, 1.807) is 16.9 Å². The first-order chi connectivity index (χ1) is 16.5. The Morgan fingerprint density at radius 1 is 1.21 bits per heavy atom. The molecule has 1 aliphatic rings. The summed E-state index contributed by atoms with van der Waals surface area (Å²) in [6.07, 6.45) is 9.95. The standard InChI is InChI=1S/C22H23N11O/c1-3-32-10-15(7-27-32)18-12-33-21(30-18)19(16(8-28-33)20(24)34)29-17-11-31(9-13(17)2)22-25-5-14(4-23)6-26-22/h5-8,10,12-13,17,29H,3,9,11H2,1-2H3,(H2,24,34)/t13-,17+/m0/s1. The number of fused-ring (bicyclic) bond motifs is 1. The summed E-state index contributed by atoms with van der Waals surface area (Å²) in [5.41, 5.74) is 8.96. The number of nitriles is 1. The van der Waals surface area contributed by atoms with Gasteiger partial charge in [-0.05, 0) is 12.8 Å². The molecular formula is C22H23N11O. The number of hydrogen-bond donors (Lipinski definition) is 2. The molecule has 1 fully saturated rings. The second kappa shape index (κ2) is 8.43. The lowest BCUT2D eigenvalue weighted by molar-refractivity contribution is 0.100. The van der Waals surface area contributed by atoms with Crippen LogP contribution in [0.4, 0.5) is 11.6 Å². The molecule has 1 aliphatic heterocycles. The van der Waals surface area contributed by atoms with Gasteiger partial charge in [-0.1, -0.05) is 6.92 Å². The molecule has 4 aromatic heterocycles. The van der Waals surface area contributed by atoms with Crippen LogP contribution >= 0.6 is 0 Å². The van der Waals surface area contributed by atoms with Gasteiger partial charge in [0.2, 0.25) is 5.95 Å². The first-order valence-electron chi connectivity index (χ1n) is 10.9. The first kappa shape index (κ1) is 21.3. The lowest BCUT2D eigenvalue weighted by atomic mass is 10.1. The SMILES string of the molecule is CCn1cc(-c2cn3ncc(C(N)=O)c(N[C@@H]4CN(c5ncc(C#N)cn5)C[C@@H]4C)c3n2)cn1. The molecule has 1 amide bonds. The van der Waals surface area contributed by atoms with Gasteiger partial charge in [0.25, 0.3) is 5.91 Å². The molecule has 34 heavy (non-hydrogen) atoms. The van der Waals surface area contributed by atoms with Crippen molar-refractivity contribution in [2.24, 2.45) is 11.7 Å². The van der Waals surface area contributed by atoms with E-state index in [1.807, 2.05) is 28.8 Å². The molecular weight excluding hydrogens is 434 g/mol. The molecule has 1 saturated heterocycles. The van der Waals surface area contributed by atoms with Crippen molar-refractivity contribution >= 4 is 23.2 Å². The summed E-state index contributed by atoms with van der Waals surface area (Å²) in [7, 11) is 0. The van der Waals surface area contributed by atoms with E-state index >= 15 is 0 Å². The molecule has 0 bridgehead atoms. The van der Waals surface area contributed by atoms with E-state index in [0.29, 0.717) is 41.6 Å². The van der Waals surface area contributed by atoms with Gasteiger partial charge in [-0.2, -0.15) is 15.5 Å². The molecule has 0 saturated carbocycles. The van der Waals surface area contributed by atoms with E-state index in [-0.39, 0.29) is 17.5 Å². The summed E-state index contributed by atoms with van der Waals surface area (Å²) in [6.45, 7) is 6.20. The highest BCUT2D eigenvalue weighted by atomic mass is 16.1. The number of aromatic nitrogens is 7. The summed E-state index contributed by atoms with van der Waals surface area (Å²) in [4.78, 5) is 27.6. The van der Waals surface area contributed by atoms with Gasteiger partial charge in [0.1, 0.15) is 6.07 Å². The van der Waals surface area contributed by atoms with Crippen LogP contribution in [0.2, 0.25) is 0 Å². The summed E-state index contributed by atoms with van der Waals surface area (Å²) in [5, 5.41) is 21.1. The van der Waals surface area contributed by atoms with Gasteiger partial charge in [-0.3, -0.25) is 9.48 Å². The van der Waals surface area contributed by atoms with Gasteiger partial charge >= 0.3 is 0 Å². The van der Waals surface area contributed by atoms with Crippen molar-refractivity contribution in [1.82, 2.24) is 34.3 Å². The van der Waals surface area contributed by atoms with E-state index in [0.717, 1.165) is 12.1 Å². The largest absolute Gasteiger partial charge is 0.376 e. The van der Waals surface area contributed by atoms with E-state index in [2.05, 4.69) is 32.4 Å². The molecule has 0 radical (unpaired) electrons. The van der Waals surface area contributed by atoms with Crippen molar-refractivity contribution < 1.29 is 4.79 Å². The highest BCUT2D eigenvalue weighted by molar-refractivity contribution is 6.01. The number of nitrogens with one attached hydrogen (secondary N) is 1. The summed E-state index contributed by atoms with van der Waals surface area (Å²) >= 11 is 0. The van der Waals surface area contributed by atoms with Crippen LogP contribution in [-0.4, -0.2) is 59.4 Å². The number of anilines is 2. The number of nitrogens with zero attached hydrogens (tertiary/aromatic N) is 9.